The molecular formula is C24H30ClFN2O2. The third kappa shape index (κ3) is 6.30. The molecule has 2 amide bonds. The first kappa shape index (κ1) is 23.9. The number of nitrogens with zero attached hydrogens (tertiary/aromatic N) is 1. The Morgan fingerprint density at radius 3 is 2.43 bits per heavy atom. The predicted octanol–water partition coefficient (Wildman–Crippen LogP) is 4.91. The van der Waals surface area contributed by atoms with Crippen LogP contribution in [0.4, 0.5) is 4.39 Å². The van der Waals surface area contributed by atoms with Crippen molar-refractivity contribution in [3.63, 3.8) is 0 Å². The van der Waals surface area contributed by atoms with E-state index in [4.69, 9.17) is 11.6 Å². The first-order chi connectivity index (χ1) is 14.2. The van der Waals surface area contributed by atoms with Crippen molar-refractivity contribution in [3.8, 4) is 0 Å². The summed E-state index contributed by atoms with van der Waals surface area (Å²) in [7, 11) is 0. The molecule has 0 saturated heterocycles. The second-order valence-corrected chi connectivity index (χ2v) is 8.30. The van der Waals surface area contributed by atoms with Crippen LogP contribution in [0.1, 0.15) is 43.9 Å². The fraction of sp³-hybridized carbons (Fsp3) is 0.417. The summed E-state index contributed by atoms with van der Waals surface area (Å²) in [6.45, 7) is 8.65. The minimum Gasteiger partial charge on any atom is -0.354 e. The van der Waals surface area contributed by atoms with Crippen molar-refractivity contribution in [1.82, 2.24) is 10.2 Å². The van der Waals surface area contributed by atoms with Gasteiger partial charge in [0.1, 0.15) is 11.9 Å². The van der Waals surface area contributed by atoms with E-state index in [1.54, 1.807) is 11.0 Å². The number of carbonyl (C=O) groups excluding carboxylic acids is 2. The van der Waals surface area contributed by atoms with Crippen LogP contribution in [0.25, 0.3) is 0 Å². The number of aryl methyl sites for hydroxylation is 1. The Morgan fingerprint density at radius 2 is 1.83 bits per heavy atom. The van der Waals surface area contributed by atoms with Crippen LogP contribution in [0.15, 0.2) is 42.5 Å². The Balaban J connectivity index is 2.35. The molecule has 2 rings (SSSR count). The lowest BCUT2D eigenvalue weighted by Gasteiger charge is -2.31. The van der Waals surface area contributed by atoms with Gasteiger partial charge in [0, 0.05) is 23.7 Å². The highest BCUT2D eigenvalue weighted by molar-refractivity contribution is 6.31. The Hall–Kier alpha value is -2.40. The maximum absolute atomic E-state index is 14.3. The van der Waals surface area contributed by atoms with Gasteiger partial charge in [-0.3, -0.25) is 9.59 Å². The van der Waals surface area contributed by atoms with Crippen molar-refractivity contribution in [1.29, 1.82) is 0 Å². The van der Waals surface area contributed by atoms with Gasteiger partial charge in [-0.05, 0) is 42.5 Å². The summed E-state index contributed by atoms with van der Waals surface area (Å²) < 4.78 is 14.3. The lowest BCUT2D eigenvalue weighted by molar-refractivity contribution is -0.141. The first-order valence-corrected chi connectivity index (χ1v) is 10.7. The third-order valence-electron chi connectivity index (χ3n) is 5.06. The smallest absolute Gasteiger partial charge is 0.242 e. The molecule has 0 radical (unpaired) electrons. The van der Waals surface area contributed by atoms with E-state index in [0.717, 1.165) is 11.1 Å². The van der Waals surface area contributed by atoms with E-state index >= 15 is 0 Å². The number of hydrogen-bond donors (Lipinski definition) is 1. The van der Waals surface area contributed by atoms with Crippen LogP contribution < -0.4 is 5.32 Å². The van der Waals surface area contributed by atoms with Crippen LogP contribution in [0.2, 0.25) is 5.02 Å². The average molecular weight is 433 g/mol. The molecule has 2 aromatic rings. The summed E-state index contributed by atoms with van der Waals surface area (Å²) in [5.41, 5.74) is 2.12. The first-order valence-electron chi connectivity index (χ1n) is 10.3. The standard InChI is InChI=1S/C24H30ClFN2O2/c1-5-22(24(30)27-14-16(2)3)28(15-18-10-7-6-9-17(18)4)23(29)13-19-20(25)11-8-12-21(19)26/h6-12,16,22H,5,13-15H2,1-4H3,(H,27,30)/t22-/m0/s1. The lowest BCUT2D eigenvalue weighted by Crippen LogP contribution is -2.50. The molecule has 1 N–H and O–H groups in total. The monoisotopic (exact) mass is 432 g/mol. The summed E-state index contributed by atoms with van der Waals surface area (Å²) in [6, 6.07) is 11.4. The number of rotatable bonds is 9. The molecule has 30 heavy (non-hydrogen) atoms. The Kier molecular flexibility index (Phi) is 8.85. The minimum atomic E-state index is -0.651. The van der Waals surface area contributed by atoms with Gasteiger partial charge in [-0.1, -0.05) is 62.7 Å². The molecule has 0 aliphatic rings. The van der Waals surface area contributed by atoms with Gasteiger partial charge in [0.25, 0.3) is 0 Å². The fourth-order valence-corrected chi connectivity index (χ4v) is 3.50. The molecule has 1 atom stereocenters. The molecule has 0 aliphatic carbocycles. The maximum Gasteiger partial charge on any atom is 0.242 e. The zero-order valence-corrected chi connectivity index (χ0v) is 18.8. The highest BCUT2D eigenvalue weighted by Crippen LogP contribution is 2.22. The van der Waals surface area contributed by atoms with Gasteiger partial charge in [-0.2, -0.15) is 0 Å². The molecule has 4 nitrogen and oxygen atoms in total. The predicted molar refractivity (Wildman–Crippen MR) is 119 cm³/mol. The van der Waals surface area contributed by atoms with Gasteiger partial charge in [-0.15, -0.1) is 0 Å². The van der Waals surface area contributed by atoms with E-state index in [1.807, 2.05) is 52.0 Å². The van der Waals surface area contributed by atoms with Crippen molar-refractivity contribution in [3.05, 3.63) is 70.0 Å². The molecule has 2 aromatic carbocycles. The van der Waals surface area contributed by atoms with Crippen molar-refractivity contribution in [2.75, 3.05) is 6.54 Å². The van der Waals surface area contributed by atoms with E-state index in [2.05, 4.69) is 5.32 Å². The van der Waals surface area contributed by atoms with E-state index in [1.165, 1.54) is 12.1 Å². The molecule has 0 aromatic heterocycles. The Labute approximate surface area is 183 Å². The normalized spacial score (nSPS) is 12.0. The summed E-state index contributed by atoms with van der Waals surface area (Å²) in [6.07, 6.45) is 0.248. The van der Waals surface area contributed by atoms with E-state index < -0.39 is 11.9 Å². The molecule has 0 unspecified atom stereocenters. The van der Waals surface area contributed by atoms with Crippen LogP contribution >= 0.6 is 11.6 Å². The highest BCUT2D eigenvalue weighted by atomic mass is 35.5. The molecule has 0 aliphatic heterocycles. The van der Waals surface area contributed by atoms with Crippen LogP contribution in [-0.2, 0) is 22.6 Å². The van der Waals surface area contributed by atoms with Gasteiger partial charge >= 0.3 is 0 Å². The number of halogens is 2. The van der Waals surface area contributed by atoms with E-state index in [0.29, 0.717) is 18.9 Å². The quantitative estimate of drug-likeness (QED) is 0.612. The molecule has 0 heterocycles. The molecular weight excluding hydrogens is 403 g/mol. The van der Waals surface area contributed by atoms with Crippen LogP contribution in [-0.4, -0.2) is 29.3 Å². The number of nitrogens with one attached hydrogen (secondary N) is 1. The summed E-state index contributed by atoms with van der Waals surface area (Å²) in [5.74, 6) is -0.766. The zero-order chi connectivity index (χ0) is 22.3. The third-order valence-corrected chi connectivity index (χ3v) is 5.42. The second kappa shape index (κ2) is 11.1. The van der Waals surface area contributed by atoms with Crippen molar-refractivity contribution in [2.45, 2.75) is 53.1 Å². The molecule has 162 valence electrons. The number of hydrogen-bond acceptors (Lipinski definition) is 2. The lowest BCUT2D eigenvalue weighted by atomic mass is 10.0. The van der Waals surface area contributed by atoms with Gasteiger partial charge in [-0.25, -0.2) is 4.39 Å². The Bertz CT molecular complexity index is 865. The summed E-state index contributed by atoms with van der Waals surface area (Å²) >= 11 is 6.13. The summed E-state index contributed by atoms with van der Waals surface area (Å²) in [4.78, 5) is 27.7. The van der Waals surface area contributed by atoms with Crippen LogP contribution in [0, 0.1) is 18.7 Å². The Morgan fingerprint density at radius 1 is 1.13 bits per heavy atom. The zero-order valence-electron chi connectivity index (χ0n) is 18.0. The van der Waals surface area contributed by atoms with Crippen molar-refractivity contribution in [2.24, 2.45) is 5.92 Å². The average Bonchev–Trinajstić information content (AvgIpc) is 2.70. The van der Waals surface area contributed by atoms with Crippen LogP contribution in [0.5, 0.6) is 0 Å². The molecule has 0 bridgehead atoms. The molecule has 0 fully saturated rings. The highest BCUT2D eigenvalue weighted by Gasteiger charge is 2.29. The minimum absolute atomic E-state index is 0.149. The largest absolute Gasteiger partial charge is 0.354 e. The molecule has 6 heteroatoms. The molecule has 0 spiro atoms. The van der Waals surface area contributed by atoms with Crippen molar-refractivity contribution < 1.29 is 14.0 Å². The fourth-order valence-electron chi connectivity index (χ4n) is 3.27. The van der Waals surface area contributed by atoms with Gasteiger partial charge in [0.05, 0.1) is 6.42 Å². The number of benzene rings is 2. The van der Waals surface area contributed by atoms with Crippen LogP contribution in [0.3, 0.4) is 0 Å². The second-order valence-electron chi connectivity index (χ2n) is 7.89. The summed E-state index contributed by atoms with van der Waals surface area (Å²) in [5, 5.41) is 3.13. The van der Waals surface area contributed by atoms with Gasteiger partial charge in [0.15, 0.2) is 0 Å². The van der Waals surface area contributed by atoms with E-state index in [9.17, 15) is 14.0 Å². The van der Waals surface area contributed by atoms with Gasteiger partial charge < -0.3 is 10.2 Å². The number of carbonyl (C=O) groups is 2. The van der Waals surface area contributed by atoms with Gasteiger partial charge in [0.2, 0.25) is 11.8 Å². The topological polar surface area (TPSA) is 49.4 Å². The maximum atomic E-state index is 14.3. The molecule has 0 saturated carbocycles. The van der Waals surface area contributed by atoms with E-state index in [-0.39, 0.29) is 35.4 Å². The number of amides is 2. The SMILES string of the molecule is CC[C@@H](C(=O)NCC(C)C)N(Cc1ccccc1C)C(=O)Cc1c(F)cccc1Cl. The van der Waals surface area contributed by atoms with Crippen molar-refractivity contribution >= 4 is 23.4 Å².